The highest BCUT2D eigenvalue weighted by atomic mass is 15.3. The number of nitrogens with zero attached hydrogens (tertiary/aromatic N) is 2. The molecule has 96 valence electrons. The Balaban J connectivity index is 1.73. The largest absolute Gasteiger partial charge is 0.310 e. The summed E-state index contributed by atoms with van der Waals surface area (Å²) in [6, 6.07) is 11.0. The summed E-state index contributed by atoms with van der Waals surface area (Å²) in [7, 11) is 0. The molecule has 0 fully saturated rings. The van der Waals surface area contributed by atoms with Crippen LogP contribution in [0.25, 0.3) is 0 Å². The molecule has 0 amide bonds. The van der Waals surface area contributed by atoms with Gasteiger partial charge in [-0.25, -0.2) is 0 Å². The van der Waals surface area contributed by atoms with E-state index in [0.717, 1.165) is 19.5 Å². The van der Waals surface area contributed by atoms with Crippen LogP contribution in [0.4, 0.5) is 0 Å². The van der Waals surface area contributed by atoms with Crippen molar-refractivity contribution in [2.45, 2.75) is 32.9 Å². The van der Waals surface area contributed by atoms with E-state index in [1.54, 1.807) is 0 Å². The Morgan fingerprint density at radius 1 is 1.33 bits per heavy atom. The highest BCUT2D eigenvalue weighted by Gasteiger charge is 2.03. The van der Waals surface area contributed by atoms with Gasteiger partial charge >= 0.3 is 0 Å². The van der Waals surface area contributed by atoms with E-state index in [-0.39, 0.29) is 0 Å². The van der Waals surface area contributed by atoms with Gasteiger partial charge < -0.3 is 5.32 Å². The van der Waals surface area contributed by atoms with Crippen LogP contribution in [-0.4, -0.2) is 16.3 Å². The normalized spacial score (nSPS) is 12.6. The molecule has 1 atom stereocenters. The van der Waals surface area contributed by atoms with Crippen LogP contribution in [0.3, 0.4) is 0 Å². The molecule has 0 bridgehead atoms. The number of hydrogen-bond donors (Lipinski definition) is 1. The first-order valence-electron chi connectivity index (χ1n) is 6.53. The van der Waals surface area contributed by atoms with Gasteiger partial charge in [-0.05, 0) is 38.4 Å². The maximum Gasteiger partial charge on any atom is 0.0489 e. The molecular formula is C15H21N3. The van der Waals surface area contributed by atoms with Crippen LogP contribution in [0.1, 0.15) is 30.5 Å². The molecule has 18 heavy (non-hydrogen) atoms. The lowest BCUT2D eigenvalue weighted by Gasteiger charge is -2.14. The van der Waals surface area contributed by atoms with Crippen molar-refractivity contribution in [1.82, 2.24) is 15.1 Å². The topological polar surface area (TPSA) is 29.9 Å². The summed E-state index contributed by atoms with van der Waals surface area (Å²) in [5, 5.41) is 7.74. The lowest BCUT2D eigenvalue weighted by molar-refractivity contribution is 0.507. The number of hydrogen-bond acceptors (Lipinski definition) is 2. The third-order valence-electron chi connectivity index (χ3n) is 3.12. The zero-order chi connectivity index (χ0) is 12.8. The number of aromatic nitrogens is 2. The van der Waals surface area contributed by atoms with E-state index in [4.69, 9.17) is 0 Å². The maximum atomic E-state index is 4.19. The van der Waals surface area contributed by atoms with E-state index in [0.29, 0.717) is 6.04 Å². The van der Waals surface area contributed by atoms with Gasteiger partial charge in [0.25, 0.3) is 0 Å². The summed E-state index contributed by atoms with van der Waals surface area (Å²) >= 11 is 0. The molecule has 1 aromatic heterocycles. The fraction of sp³-hybridized carbons (Fsp3) is 0.400. The van der Waals surface area contributed by atoms with Gasteiger partial charge in [-0.2, -0.15) is 5.10 Å². The zero-order valence-corrected chi connectivity index (χ0v) is 11.1. The van der Waals surface area contributed by atoms with Gasteiger partial charge in [0, 0.05) is 25.0 Å². The van der Waals surface area contributed by atoms with Gasteiger partial charge in [0.2, 0.25) is 0 Å². The monoisotopic (exact) mass is 243 g/mol. The Kier molecular flexibility index (Phi) is 4.53. The Morgan fingerprint density at radius 2 is 2.22 bits per heavy atom. The number of aryl methyl sites for hydroxylation is 2. The van der Waals surface area contributed by atoms with Crippen molar-refractivity contribution in [3.63, 3.8) is 0 Å². The van der Waals surface area contributed by atoms with Crippen LogP contribution < -0.4 is 5.32 Å². The molecule has 3 heteroatoms. The molecule has 0 saturated heterocycles. The molecule has 1 N–H and O–H groups in total. The first kappa shape index (κ1) is 12.8. The summed E-state index contributed by atoms with van der Waals surface area (Å²) in [5.74, 6) is 0. The summed E-state index contributed by atoms with van der Waals surface area (Å²) < 4.78 is 1.97. The molecular weight excluding hydrogens is 222 g/mol. The summed E-state index contributed by atoms with van der Waals surface area (Å²) in [4.78, 5) is 0. The molecule has 2 rings (SSSR count). The predicted molar refractivity (Wildman–Crippen MR) is 74.4 cm³/mol. The van der Waals surface area contributed by atoms with Crippen LogP contribution in [-0.2, 0) is 6.54 Å². The smallest absolute Gasteiger partial charge is 0.0489 e. The molecule has 2 aromatic rings. The van der Waals surface area contributed by atoms with E-state index in [2.05, 4.69) is 48.5 Å². The van der Waals surface area contributed by atoms with Crippen molar-refractivity contribution in [3.8, 4) is 0 Å². The average Bonchev–Trinajstić information content (AvgIpc) is 2.87. The third-order valence-corrected chi connectivity index (χ3v) is 3.12. The van der Waals surface area contributed by atoms with Gasteiger partial charge in [-0.3, -0.25) is 4.68 Å². The fourth-order valence-electron chi connectivity index (χ4n) is 2.05. The van der Waals surface area contributed by atoms with Gasteiger partial charge in [-0.15, -0.1) is 0 Å². The van der Waals surface area contributed by atoms with Crippen molar-refractivity contribution in [1.29, 1.82) is 0 Å². The first-order valence-corrected chi connectivity index (χ1v) is 6.53. The summed E-state index contributed by atoms with van der Waals surface area (Å²) in [6.45, 7) is 6.33. The summed E-state index contributed by atoms with van der Waals surface area (Å²) in [6.07, 6.45) is 4.92. The van der Waals surface area contributed by atoms with Crippen LogP contribution in [0.2, 0.25) is 0 Å². The van der Waals surface area contributed by atoms with E-state index >= 15 is 0 Å². The lowest BCUT2D eigenvalue weighted by atomic mass is 10.1. The molecule has 0 aliphatic carbocycles. The standard InChI is InChI=1S/C15H21N3/c1-13-6-3-7-15(12-13)14(2)16-8-4-10-18-11-5-9-17-18/h3,5-7,9,11-12,14,16H,4,8,10H2,1-2H3/t14-/m0/s1. The van der Waals surface area contributed by atoms with E-state index < -0.39 is 0 Å². The van der Waals surface area contributed by atoms with Crippen LogP contribution in [0, 0.1) is 6.92 Å². The Morgan fingerprint density at radius 3 is 2.94 bits per heavy atom. The third kappa shape index (κ3) is 3.70. The molecule has 0 radical (unpaired) electrons. The summed E-state index contributed by atoms with van der Waals surface area (Å²) in [5.41, 5.74) is 2.67. The lowest BCUT2D eigenvalue weighted by Crippen LogP contribution is -2.21. The predicted octanol–water partition coefficient (Wildman–Crippen LogP) is 2.93. The molecule has 0 unspecified atom stereocenters. The second-order valence-corrected chi connectivity index (χ2v) is 4.71. The van der Waals surface area contributed by atoms with Crippen LogP contribution in [0.15, 0.2) is 42.7 Å². The fourth-order valence-corrected chi connectivity index (χ4v) is 2.05. The number of rotatable bonds is 6. The van der Waals surface area contributed by atoms with Crippen molar-refractivity contribution in [2.75, 3.05) is 6.54 Å². The number of nitrogens with one attached hydrogen (secondary N) is 1. The zero-order valence-electron chi connectivity index (χ0n) is 11.1. The molecule has 0 aliphatic heterocycles. The van der Waals surface area contributed by atoms with E-state index in [9.17, 15) is 0 Å². The van der Waals surface area contributed by atoms with E-state index in [1.807, 2.05) is 23.1 Å². The SMILES string of the molecule is Cc1cccc([C@H](C)NCCCn2cccn2)c1. The minimum atomic E-state index is 0.405. The van der Waals surface area contributed by atoms with E-state index in [1.165, 1.54) is 11.1 Å². The van der Waals surface area contributed by atoms with Crippen LogP contribution >= 0.6 is 0 Å². The second-order valence-electron chi connectivity index (χ2n) is 4.71. The minimum absolute atomic E-state index is 0.405. The van der Waals surface area contributed by atoms with Gasteiger partial charge in [0.05, 0.1) is 0 Å². The molecule has 0 aliphatic rings. The Bertz CT molecular complexity index is 462. The van der Waals surface area contributed by atoms with Crippen molar-refractivity contribution in [2.24, 2.45) is 0 Å². The van der Waals surface area contributed by atoms with Gasteiger partial charge in [0.1, 0.15) is 0 Å². The average molecular weight is 243 g/mol. The molecule has 1 heterocycles. The highest BCUT2D eigenvalue weighted by Crippen LogP contribution is 2.13. The molecule has 0 spiro atoms. The minimum Gasteiger partial charge on any atom is -0.310 e. The number of benzene rings is 1. The quantitative estimate of drug-likeness (QED) is 0.791. The van der Waals surface area contributed by atoms with Crippen molar-refractivity contribution < 1.29 is 0 Å². The second kappa shape index (κ2) is 6.36. The molecule has 3 nitrogen and oxygen atoms in total. The van der Waals surface area contributed by atoms with Gasteiger partial charge in [0.15, 0.2) is 0 Å². The van der Waals surface area contributed by atoms with Gasteiger partial charge in [-0.1, -0.05) is 29.8 Å². The maximum absolute atomic E-state index is 4.19. The van der Waals surface area contributed by atoms with Crippen molar-refractivity contribution >= 4 is 0 Å². The first-order chi connectivity index (χ1) is 8.75. The highest BCUT2D eigenvalue weighted by molar-refractivity contribution is 5.24. The Hall–Kier alpha value is -1.61. The van der Waals surface area contributed by atoms with Crippen LogP contribution in [0.5, 0.6) is 0 Å². The Labute approximate surface area is 109 Å². The molecule has 1 aromatic carbocycles. The van der Waals surface area contributed by atoms with Crippen molar-refractivity contribution in [3.05, 3.63) is 53.9 Å². The molecule has 0 saturated carbocycles.